The Morgan fingerprint density at radius 2 is 1.95 bits per heavy atom. The van der Waals surface area contributed by atoms with Gasteiger partial charge in [0.15, 0.2) is 0 Å². The summed E-state index contributed by atoms with van der Waals surface area (Å²) in [5, 5.41) is 21.8. The van der Waals surface area contributed by atoms with Crippen molar-refractivity contribution < 1.29 is 19.4 Å². The van der Waals surface area contributed by atoms with E-state index in [4.69, 9.17) is 9.47 Å². The van der Waals surface area contributed by atoms with Crippen molar-refractivity contribution in [1.82, 2.24) is 20.0 Å². The molecule has 1 aliphatic heterocycles. The Hall–Kier alpha value is -3.40. The Kier molecular flexibility index (Phi) is 6.14. The van der Waals surface area contributed by atoms with E-state index in [9.17, 15) is 9.90 Å². The van der Waals surface area contributed by atoms with Crippen molar-refractivity contribution in [3.63, 3.8) is 0 Å². The predicted molar refractivity (Wildman–Crippen MR) is 139 cm³/mol. The van der Waals surface area contributed by atoms with E-state index in [0.29, 0.717) is 30.5 Å². The summed E-state index contributed by atoms with van der Waals surface area (Å²) >= 11 is 0. The third-order valence-electron chi connectivity index (χ3n) is 7.85. The molecule has 3 atom stereocenters. The van der Waals surface area contributed by atoms with Crippen LogP contribution >= 0.6 is 0 Å². The second kappa shape index (κ2) is 9.48. The van der Waals surface area contributed by atoms with E-state index in [1.807, 2.05) is 55.5 Å². The van der Waals surface area contributed by atoms with Crippen LogP contribution in [0.3, 0.4) is 0 Å². The van der Waals surface area contributed by atoms with Gasteiger partial charge in [-0.25, -0.2) is 9.48 Å². The molecule has 9 heteroatoms. The number of aliphatic hydroxyl groups is 1. The van der Waals surface area contributed by atoms with Crippen molar-refractivity contribution in [3.05, 3.63) is 71.3 Å². The lowest BCUT2D eigenvalue weighted by Gasteiger charge is -2.29. The molecule has 194 valence electrons. The van der Waals surface area contributed by atoms with Gasteiger partial charge in [-0.2, -0.15) is 0 Å². The van der Waals surface area contributed by atoms with Gasteiger partial charge in [-0.1, -0.05) is 42.5 Å². The average molecular weight is 504 g/mol. The van der Waals surface area contributed by atoms with Crippen molar-refractivity contribution in [2.75, 3.05) is 38.7 Å². The molecular formula is C28H33N5O4. The van der Waals surface area contributed by atoms with Crippen LogP contribution in [0.4, 0.5) is 10.6 Å². The van der Waals surface area contributed by atoms with Gasteiger partial charge in [0, 0.05) is 18.5 Å². The van der Waals surface area contributed by atoms with Crippen LogP contribution in [-0.4, -0.2) is 71.4 Å². The van der Waals surface area contributed by atoms with Crippen LogP contribution in [-0.2, 0) is 10.2 Å². The molecule has 3 aliphatic rings. The SMILES string of the molecule is Cc1c(OC[C@H]2CN(C)CCO2)nn(-c2ccccc2)c1NC(=O)NC1c2ccccc2C2(CC2)[C@@H]1O. The molecule has 37 heavy (non-hydrogen) atoms. The number of amides is 2. The van der Waals surface area contributed by atoms with Gasteiger partial charge in [-0.15, -0.1) is 5.10 Å². The number of anilines is 1. The number of nitrogens with one attached hydrogen (secondary N) is 2. The van der Waals surface area contributed by atoms with Crippen LogP contribution in [0.25, 0.3) is 5.69 Å². The normalized spacial score (nSPS) is 24.0. The largest absolute Gasteiger partial charge is 0.474 e. The summed E-state index contributed by atoms with van der Waals surface area (Å²) in [6.45, 7) is 4.62. The number of ether oxygens (including phenoxy) is 2. The standard InChI is InChI=1S/C28H33N5O4/c1-18-25(30-27(35)29-23-21-10-6-7-11-22(21)28(12-13-28)24(23)34)33(19-8-4-3-5-9-19)31-26(18)37-17-20-16-32(2)14-15-36-20/h3-11,20,23-24,34H,12-17H2,1-2H3,(H2,29,30,35)/t20-,23?,24-/m1/s1. The number of para-hydroxylation sites is 1. The van der Waals surface area contributed by atoms with Crippen molar-refractivity contribution in [2.24, 2.45) is 0 Å². The predicted octanol–water partition coefficient (Wildman–Crippen LogP) is 3.16. The van der Waals surface area contributed by atoms with Gasteiger partial charge in [0.1, 0.15) is 18.5 Å². The van der Waals surface area contributed by atoms with Crippen molar-refractivity contribution in [2.45, 2.75) is 43.4 Å². The van der Waals surface area contributed by atoms with Crippen LogP contribution in [0.1, 0.15) is 35.6 Å². The number of benzene rings is 2. The molecule has 2 heterocycles. The first-order valence-electron chi connectivity index (χ1n) is 12.9. The first kappa shape index (κ1) is 24.0. The number of carbonyl (C=O) groups is 1. The van der Waals surface area contributed by atoms with Gasteiger partial charge in [0.25, 0.3) is 0 Å². The lowest BCUT2D eigenvalue weighted by Crippen LogP contribution is -2.42. The summed E-state index contributed by atoms with van der Waals surface area (Å²) in [5.74, 6) is 0.960. The Morgan fingerprint density at radius 3 is 2.70 bits per heavy atom. The fourth-order valence-corrected chi connectivity index (χ4v) is 5.67. The number of rotatable bonds is 6. The van der Waals surface area contributed by atoms with Crippen molar-refractivity contribution in [1.29, 1.82) is 0 Å². The average Bonchev–Trinajstić information content (AvgIpc) is 3.62. The number of hydrogen-bond donors (Lipinski definition) is 3. The highest BCUT2D eigenvalue weighted by Gasteiger charge is 2.59. The molecule has 1 unspecified atom stereocenters. The molecule has 1 saturated carbocycles. The van der Waals surface area contributed by atoms with E-state index in [2.05, 4.69) is 33.7 Å². The van der Waals surface area contributed by atoms with Gasteiger partial charge in [0.05, 0.1) is 30.0 Å². The van der Waals surface area contributed by atoms with E-state index in [1.54, 1.807) is 4.68 Å². The first-order valence-corrected chi connectivity index (χ1v) is 12.9. The summed E-state index contributed by atoms with van der Waals surface area (Å²) < 4.78 is 13.6. The molecule has 6 rings (SSSR count). The van der Waals surface area contributed by atoms with E-state index in [0.717, 1.165) is 42.7 Å². The Balaban J connectivity index is 1.23. The minimum Gasteiger partial charge on any atom is -0.474 e. The number of likely N-dealkylation sites (N-methyl/N-ethyl adjacent to an activating group) is 1. The van der Waals surface area contributed by atoms with Crippen LogP contribution < -0.4 is 15.4 Å². The van der Waals surface area contributed by atoms with E-state index >= 15 is 0 Å². The topological polar surface area (TPSA) is 101 Å². The number of aliphatic hydroxyl groups excluding tert-OH is 1. The molecule has 1 saturated heterocycles. The van der Waals surface area contributed by atoms with Crippen LogP contribution in [0.15, 0.2) is 54.6 Å². The van der Waals surface area contributed by atoms with E-state index < -0.39 is 18.2 Å². The minimum absolute atomic E-state index is 0.0431. The lowest BCUT2D eigenvalue weighted by molar-refractivity contribution is -0.0411. The summed E-state index contributed by atoms with van der Waals surface area (Å²) in [6.07, 6.45) is 1.18. The van der Waals surface area contributed by atoms with Gasteiger partial charge in [-0.05, 0) is 50.1 Å². The second-order valence-corrected chi connectivity index (χ2v) is 10.4. The molecule has 2 fully saturated rings. The van der Waals surface area contributed by atoms with Crippen molar-refractivity contribution in [3.8, 4) is 11.6 Å². The first-order chi connectivity index (χ1) is 18.0. The quantitative estimate of drug-likeness (QED) is 0.478. The fourth-order valence-electron chi connectivity index (χ4n) is 5.67. The third-order valence-corrected chi connectivity index (χ3v) is 7.85. The third kappa shape index (κ3) is 4.37. The van der Waals surface area contributed by atoms with Crippen LogP contribution in [0, 0.1) is 6.92 Å². The maximum atomic E-state index is 13.3. The lowest BCUT2D eigenvalue weighted by atomic mass is 9.97. The molecule has 2 aliphatic carbocycles. The number of fused-ring (bicyclic) bond motifs is 2. The number of nitrogens with zero attached hydrogens (tertiary/aromatic N) is 3. The maximum absolute atomic E-state index is 13.3. The molecule has 1 spiro atoms. The summed E-state index contributed by atoms with van der Waals surface area (Å²) in [7, 11) is 2.07. The van der Waals surface area contributed by atoms with Gasteiger partial charge < -0.3 is 24.8 Å². The van der Waals surface area contributed by atoms with Gasteiger partial charge >= 0.3 is 6.03 Å². The molecule has 3 N–H and O–H groups in total. The number of hydrogen-bond acceptors (Lipinski definition) is 6. The smallest absolute Gasteiger partial charge is 0.320 e. The zero-order valence-electron chi connectivity index (χ0n) is 21.2. The number of carbonyl (C=O) groups excluding carboxylic acids is 1. The number of morpholine rings is 1. The second-order valence-electron chi connectivity index (χ2n) is 10.4. The minimum atomic E-state index is -0.650. The molecular weight excluding hydrogens is 470 g/mol. The Bertz CT molecular complexity index is 1290. The molecule has 2 amide bonds. The van der Waals surface area contributed by atoms with E-state index in [-0.39, 0.29) is 11.5 Å². The zero-order chi connectivity index (χ0) is 25.6. The highest BCUT2D eigenvalue weighted by Crippen LogP contribution is 2.59. The highest BCUT2D eigenvalue weighted by atomic mass is 16.5. The summed E-state index contributed by atoms with van der Waals surface area (Å²) in [4.78, 5) is 15.5. The molecule has 3 aromatic rings. The van der Waals surface area contributed by atoms with Gasteiger partial charge in [0.2, 0.25) is 5.88 Å². The number of aromatic nitrogens is 2. The Labute approximate surface area is 216 Å². The Morgan fingerprint density at radius 1 is 1.19 bits per heavy atom. The number of urea groups is 1. The summed E-state index contributed by atoms with van der Waals surface area (Å²) in [6, 6.07) is 16.7. The maximum Gasteiger partial charge on any atom is 0.320 e. The van der Waals surface area contributed by atoms with Gasteiger partial charge in [-0.3, -0.25) is 5.32 Å². The van der Waals surface area contributed by atoms with Crippen LogP contribution in [0.5, 0.6) is 5.88 Å². The van der Waals surface area contributed by atoms with E-state index in [1.165, 1.54) is 0 Å². The fraction of sp³-hybridized carbons (Fsp3) is 0.429. The molecule has 9 nitrogen and oxygen atoms in total. The zero-order valence-corrected chi connectivity index (χ0v) is 21.2. The molecule has 0 bridgehead atoms. The molecule has 0 radical (unpaired) electrons. The molecule has 1 aromatic heterocycles. The van der Waals surface area contributed by atoms with Crippen molar-refractivity contribution >= 4 is 11.8 Å². The van der Waals surface area contributed by atoms with Crippen LogP contribution in [0.2, 0.25) is 0 Å². The monoisotopic (exact) mass is 503 g/mol. The summed E-state index contributed by atoms with van der Waals surface area (Å²) in [5.41, 5.74) is 3.41. The highest BCUT2D eigenvalue weighted by molar-refractivity contribution is 5.90. The molecule has 2 aromatic carbocycles.